The van der Waals surface area contributed by atoms with E-state index in [1.54, 1.807) is 12.1 Å². The zero-order valence-electron chi connectivity index (χ0n) is 12.2. The average Bonchev–Trinajstić information content (AvgIpc) is 2.54. The summed E-state index contributed by atoms with van der Waals surface area (Å²) < 4.78 is 4.93. The SMILES string of the molecule is COc1cc(-c2c(C#N)c(N)[nH]c(=O)c2C#N)c(O)c([N+](=O)[O-])c1. The number of nitrogens with two attached hydrogens (primary N) is 1. The molecule has 0 aliphatic rings. The molecule has 0 aliphatic heterocycles. The van der Waals surface area contributed by atoms with Crippen LogP contribution in [0.4, 0.5) is 11.5 Å². The summed E-state index contributed by atoms with van der Waals surface area (Å²) in [6.45, 7) is 0. The summed E-state index contributed by atoms with van der Waals surface area (Å²) in [5, 5.41) is 39.7. The summed E-state index contributed by atoms with van der Waals surface area (Å²) in [5.74, 6) is -1.17. The molecule has 0 radical (unpaired) electrons. The number of methoxy groups -OCH3 is 1. The van der Waals surface area contributed by atoms with Crippen molar-refractivity contribution < 1.29 is 14.8 Å². The van der Waals surface area contributed by atoms with Gasteiger partial charge in [0, 0.05) is 11.1 Å². The number of aromatic nitrogens is 1. The molecule has 2 aromatic rings. The highest BCUT2D eigenvalue weighted by atomic mass is 16.6. The van der Waals surface area contributed by atoms with Gasteiger partial charge in [0.25, 0.3) is 5.56 Å². The summed E-state index contributed by atoms with van der Waals surface area (Å²) in [7, 11) is 1.24. The molecule has 2 rings (SSSR count). The number of nitro benzene ring substituents is 1. The predicted octanol–water partition coefficient (Wildman–Crippen LogP) is 0.990. The van der Waals surface area contributed by atoms with Gasteiger partial charge in [-0.05, 0) is 6.07 Å². The first kappa shape index (κ1) is 16.3. The van der Waals surface area contributed by atoms with Gasteiger partial charge >= 0.3 is 5.69 Å². The molecule has 1 heterocycles. The highest BCUT2D eigenvalue weighted by Gasteiger charge is 2.26. The van der Waals surface area contributed by atoms with E-state index in [4.69, 9.17) is 10.5 Å². The Hall–Kier alpha value is -4.05. The standard InChI is InChI=1S/C14H9N5O5/c1-24-6-2-7(12(20)10(3-6)19(22)23)11-8(4-15)13(17)18-14(21)9(11)5-16/h2-3,20H,1H3,(H3,17,18,21). The van der Waals surface area contributed by atoms with E-state index in [2.05, 4.69) is 4.98 Å². The Labute approximate surface area is 134 Å². The van der Waals surface area contributed by atoms with Gasteiger partial charge in [-0.25, -0.2) is 0 Å². The van der Waals surface area contributed by atoms with Crippen molar-refractivity contribution in [2.75, 3.05) is 12.8 Å². The number of aromatic hydroxyl groups is 1. The van der Waals surface area contributed by atoms with E-state index in [1.165, 1.54) is 7.11 Å². The summed E-state index contributed by atoms with van der Waals surface area (Å²) in [6.07, 6.45) is 0. The zero-order chi connectivity index (χ0) is 18.0. The van der Waals surface area contributed by atoms with E-state index in [0.717, 1.165) is 12.1 Å². The normalized spacial score (nSPS) is 9.79. The largest absolute Gasteiger partial charge is 0.502 e. The topological polar surface area (TPSA) is 179 Å². The summed E-state index contributed by atoms with van der Waals surface area (Å²) in [6, 6.07) is 5.45. The van der Waals surface area contributed by atoms with E-state index >= 15 is 0 Å². The van der Waals surface area contributed by atoms with Gasteiger partial charge in [-0.2, -0.15) is 10.5 Å². The van der Waals surface area contributed by atoms with Crippen molar-refractivity contribution in [1.29, 1.82) is 10.5 Å². The number of nitrogen functional groups attached to an aromatic ring is 1. The van der Waals surface area contributed by atoms with Crippen molar-refractivity contribution in [3.05, 3.63) is 43.7 Å². The number of nitriles is 2. The van der Waals surface area contributed by atoms with Crippen molar-refractivity contribution in [3.63, 3.8) is 0 Å². The number of anilines is 1. The fourth-order valence-electron chi connectivity index (χ4n) is 2.15. The Morgan fingerprint density at radius 1 is 1.33 bits per heavy atom. The minimum absolute atomic E-state index is 0.0128. The van der Waals surface area contributed by atoms with E-state index in [1.807, 2.05) is 0 Å². The van der Waals surface area contributed by atoms with Crippen LogP contribution < -0.4 is 16.0 Å². The van der Waals surface area contributed by atoms with Gasteiger partial charge in [0.05, 0.1) is 18.1 Å². The molecule has 0 saturated heterocycles. The maximum Gasteiger partial charge on any atom is 0.315 e. The van der Waals surface area contributed by atoms with Crippen LogP contribution in [0, 0.1) is 32.8 Å². The minimum atomic E-state index is -0.895. The number of nitrogens with zero attached hydrogens (tertiary/aromatic N) is 3. The lowest BCUT2D eigenvalue weighted by molar-refractivity contribution is -0.385. The van der Waals surface area contributed by atoms with Crippen LogP contribution in [0.15, 0.2) is 16.9 Å². The first-order valence-electron chi connectivity index (χ1n) is 6.27. The van der Waals surface area contributed by atoms with Crippen LogP contribution in [-0.4, -0.2) is 22.1 Å². The number of phenolic OH excluding ortho intramolecular Hbond substituents is 1. The number of nitro groups is 1. The molecule has 0 atom stereocenters. The van der Waals surface area contributed by atoms with E-state index < -0.39 is 27.5 Å². The second-order valence-corrected chi connectivity index (χ2v) is 4.52. The third kappa shape index (κ3) is 2.44. The van der Waals surface area contributed by atoms with Crippen molar-refractivity contribution in [2.24, 2.45) is 0 Å². The number of H-pyrrole nitrogens is 1. The molecule has 1 aromatic heterocycles. The Bertz CT molecular complexity index is 997. The van der Waals surface area contributed by atoms with Crippen LogP contribution in [0.2, 0.25) is 0 Å². The molecule has 4 N–H and O–H groups in total. The van der Waals surface area contributed by atoms with E-state index in [-0.39, 0.29) is 28.3 Å². The third-order valence-corrected chi connectivity index (χ3v) is 3.23. The number of pyridine rings is 1. The van der Waals surface area contributed by atoms with Crippen molar-refractivity contribution >= 4 is 11.5 Å². The third-order valence-electron chi connectivity index (χ3n) is 3.23. The Morgan fingerprint density at radius 2 is 1.96 bits per heavy atom. The Balaban J connectivity index is 3.05. The number of nitrogens with one attached hydrogen (secondary N) is 1. The molecule has 0 spiro atoms. The quantitative estimate of drug-likeness (QED) is 0.551. The van der Waals surface area contributed by atoms with Gasteiger partial charge in [-0.3, -0.25) is 14.9 Å². The van der Waals surface area contributed by atoms with Gasteiger partial charge in [-0.15, -0.1) is 0 Å². The number of rotatable bonds is 3. The van der Waals surface area contributed by atoms with Crippen molar-refractivity contribution in [1.82, 2.24) is 4.98 Å². The van der Waals surface area contributed by atoms with Crippen LogP contribution in [0.25, 0.3) is 11.1 Å². The molecule has 0 fully saturated rings. The van der Waals surface area contributed by atoms with Gasteiger partial charge in [0.1, 0.15) is 34.8 Å². The van der Waals surface area contributed by atoms with E-state index in [9.17, 15) is 30.5 Å². The first-order valence-corrected chi connectivity index (χ1v) is 6.27. The molecular formula is C14H9N5O5. The minimum Gasteiger partial charge on any atom is -0.502 e. The molecule has 1 aromatic carbocycles. The molecule has 0 unspecified atom stereocenters. The van der Waals surface area contributed by atoms with Crippen LogP contribution >= 0.6 is 0 Å². The smallest absolute Gasteiger partial charge is 0.315 e. The monoisotopic (exact) mass is 327 g/mol. The number of hydrogen-bond acceptors (Lipinski definition) is 8. The number of aromatic amines is 1. The van der Waals surface area contributed by atoms with Crippen molar-refractivity contribution in [2.45, 2.75) is 0 Å². The molecule has 10 heteroatoms. The second-order valence-electron chi connectivity index (χ2n) is 4.52. The fraction of sp³-hybridized carbons (Fsp3) is 0.0714. The maximum atomic E-state index is 11.9. The van der Waals surface area contributed by atoms with Crippen LogP contribution in [0.3, 0.4) is 0 Å². The molecule has 120 valence electrons. The molecule has 24 heavy (non-hydrogen) atoms. The fourth-order valence-corrected chi connectivity index (χ4v) is 2.15. The molecule has 0 saturated carbocycles. The van der Waals surface area contributed by atoms with Gasteiger partial charge in [0.2, 0.25) is 5.75 Å². The van der Waals surface area contributed by atoms with Crippen LogP contribution in [0.5, 0.6) is 11.5 Å². The van der Waals surface area contributed by atoms with E-state index in [0.29, 0.717) is 0 Å². The average molecular weight is 327 g/mol. The predicted molar refractivity (Wildman–Crippen MR) is 81.2 cm³/mol. The summed E-state index contributed by atoms with van der Waals surface area (Å²) in [5.41, 5.74) is 2.56. The Kier molecular flexibility index (Phi) is 4.07. The number of ether oxygens (including phenoxy) is 1. The molecular weight excluding hydrogens is 318 g/mol. The summed E-state index contributed by atoms with van der Waals surface area (Å²) in [4.78, 5) is 24.3. The zero-order valence-corrected chi connectivity index (χ0v) is 12.2. The van der Waals surface area contributed by atoms with Gasteiger partial charge in [0.15, 0.2) is 0 Å². The highest BCUT2D eigenvalue weighted by molar-refractivity contribution is 5.86. The molecule has 10 nitrogen and oxygen atoms in total. The molecule has 0 bridgehead atoms. The molecule has 0 aliphatic carbocycles. The van der Waals surface area contributed by atoms with Crippen LogP contribution in [0.1, 0.15) is 11.1 Å². The number of phenols is 1. The summed E-state index contributed by atoms with van der Waals surface area (Å²) >= 11 is 0. The van der Waals surface area contributed by atoms with Gasteiger partial charge in [-0.1, -0.05) is 0 Å². The first-order chi connectivity index (χ1) is 11.3. The number of hydrogen-bond donors (Lipinski definition) is 3. The van der Waals surface area contributed by atoms with Crippen molar-refractivity contribution in [3.8, 4) is 34.8 Å². The highest BCUT2D eigenvalue weighted by Crippen LogP contribution is 2.42. The lowest BCUT2D eigenvalue weighted by Crippen LogP contribution is -2.16. The maximum absolute atomic E-state index is 11.9. The number of benzene rings is 1. The lowest BCUT2D eigenvalue weighted by atomic mass is 9.95. The lowest BCUT2D eigenvalue weighted by Gasteiger charge is -2.12. The Morgan fingerprint density at radius 3 is 2.46 bits per heavy atom. The van der Waals surface area contributed by atoms with Crippen LogP contribution in [-0.2, 0) is 0 Å². The molecule has 0 amide bonds. The second kappa shape index (κ2) is 5.98. The van der Waals surface area contributed by atoms with Gasteiger partial charge < -0.3 is 20.6 Å².